The van der Waals surface area contributed by atoms with E-state index in [0.29, 0.717) is 6.61 Å². The predicted octanol–water partition coefficient (Wildman–Crippen LogP) is 2.23. The van der Waals surface area contributed by atoms with E-state index in [1.165, 1.54) is 11.3 Å². The maximum atomic E-state index is 5.47. The Bertz CT molecular complexity index is 296. The van der Waals surface area contributed by atoms with Gasteiger partial charge < -0.3 is 4.57 Å². The van der Waals surface area contributed by atoms with Crippen LogP contribution in [0.15, 0.2) is 24.5 Å². The Hall–Kier alpha value is -1.22. The molecule has 1 rings (SSSR count). The summed E-state index contributed by atoms with van der Waals surface area (Å²) in [6.07, 6.45) is 5.91. The maximum absolute atomic E-state index is 5.47. The third-order valence-corrected chi connectivity index (χ3v) is 2.10. The van der Waals surface area contributed by atoms with Gasteiger partial charge in [-0.25, -0.2) is 0 Å². The second-order valence-corrected chi connectivity index (χ2v) is 3.40. The van der Waals surface area contributed by atoms with Crippen LogP contribution in [0.3, 0.4) is 0 Å². The van der Waals surface area contributed by atoms with Crippen LogP contribution in [0.2, 0.25) is 0 Å². The minimum atomic E-state index is 0.614. The number of aromatic nitrogens is 1. The van der Waals surface area contributed by atoms with E-state index in [1.807, 2.05) is 33.3 Å². The van der Waals surface area contributed by atoms with Crippen LogP contribution in [0, 0.1) is 6.92 Å². The molecule has 14 heavy (non-hydrogen) atoms. The fraction of sp³-hybridized carbons (Fsp3) is 0.455. The number of nitrogens with zero attached hydrogens (tertiary/aromatic N) is 2. The molecule has 78 valence electrons. The highest BCUT2D eigenvalue weighted by Crippen LogP contribution is 2.07. The van der Waals surface area contributed by atoms with Crippen LogP contribution in [0.5, 0.6) is 0 Å². The largest absolute Gasteiger partial charge is 0.354 e. The number of rotatable bonds is 4. The fourth-order valence-electron chi connectivity index (χ4n) is 1.27. The van der Waals surface area contributed by atoms with Crippen molar-refractivity contribution in [2.24, 2.45) is 7.05 Å². The average molecular weight is 194 g/mol. The SMILES string of the molecule is C/C=C\N(C)OCc1cc(C)n(C)c1. The summed E-state index contributed by atoms with van der Waals surface area (Å²) >= 11 is 0. The molecular weight excluding hydrogens is 176 g/mol. The monoisotopic (exact) mass is 194 g/mol. The lowest BCUT2D eigenvalue weighted by atomic mass is 10.3. The first-order valence-corrected chi connectivity index (χ1v) is 4.74. The van der Waals surface area contributed by atoms with E-state index in [0.717, 1.165) is 0 Å². The molecule has 0 amide bonds. The number of hydroxylamine groups is 2. The summed E-state index contributed by atoms with van der Waals surface area (Å²) in [5.74, 6) is 0. The molecule has 0 aromatic carbocycles. The van der Waals surface area contributed by atoms with Gasteiger partial charge >= 0.3 is 0 Å². The Labute approximate surface area is 85.5 Å². The van der Waals surface area contributed by atoms with E-state index in [-0.39, 0.29) is 0 Å². The maximum Gasteiger partial charge on any atom is 0.101 e. The van der Waals surface area contributed by atoms with Crippen molar-refractivity contribution in [2.45, 2.75) is 20.5 Å². The van der Waals surface area contributed by atoms with Gasteiger partial charge in [-0.1, -0.05) is 6.08 Å². The summed E-state index contributed by atoms with van der Waals surface area (Å²) < 4.78 is 2.09. The van der Waals surface area contributed by atoms with Gasteiger partial charge in [0, 0.05) is 32.2 Å². The quantitative estimate of drug-likeness (QED) is 0.684. The van der Waals surface area contributed by atoms with Gasteiger partial charge in [-0.3, -0.25) is 9.90 Å². The Kier molecular flexibility index (Phi) is 3.77. The minimum absolute atomic E-state index is 0.614. The molecule has 0 N–H and O–H groups in total. The third kappa shape index (κ3) is 2.92. The summed E-state index contributed by atoms with van der Waals surface area (Å²) in [5.41, 5.74) is 2.44. The Morgan fingerprint density at radius 2 is 2.29 bits per heavy atom. The smallest absolute Gasteiger partial charge is 0.101 e. The molecular formula is C11H18N2O. The molecule has 0 saturated carbocycles. The molecule has 0 radical (unpaired) electrons. The van der Waals surface area contributed by atoms with Crippen molar-refractivity contribution >= 4 is 0 Å². The zero-order valence-electron chi connectivity index (χ0n) is 9.32. The first-order chi connectivity index (χ1) is 6.63. The number of hydrogen-bond acceptors (Lipinski definition) is 2. The van der Waals surface area contributed by atoms with Crippen LogP contribution < -0.4 is 0 Å². The van der Waals surface area contributed by atoms with E-state index >= 15 is 0 Å². The van der Waals surface area contributed by atoms with Crippen molar-refractivity contribution in [3.05, 3.63) is 35.8 Å². The van der Waals surface area contributed by atoms with Crippen LogP contribution >= 0.6 is 0 Å². The number of hydrogen-bond donors (Lipinski definition) is 0. The van der Waals surface area contributed by atoms with Crippen LogP contribution in [0.25, 0.3) is 0 Å². The van der Waals surface area contributed by atoms with Crippen LogP contribution in [-0.4, -0.2) is 16.7 Å². The van der Waals surface area contributed by atoms with Gasteiger partial charge in [0.1, 0.15) is 6.61 Å². The summed E-state index contributed by atoms with van der Waals surface area (Å²) in [4.78, 5) is 5.47. The molecule has 3 heteroatoms. The zero-order chi connectivity index (χ0) is 10.6. The molecule has 3 nitrogen and oxygen atoms in total. The Balaban J connectivity index is 2.45. The Morgan fingerprint density at radius 1 is 1.57 bits per heavy atom. The fourth-order valence-corrected chi connectivity index (χ4v) is 1.27. The van der Waals surface area contributed by atoms with Crippen LogP contribution in [-0.2, 0) is 18.5 Å². The van der Waals surface area contributed by atoms with Gasteiger partial charge in [-0.15, -0.1) is 0 Å². The molecule has 0 fully saturated rings. The van der Waals surface area contributed by atoms with Crippen LogP contribution in [0.1, 0.15) is 18.2 Å². The molecule has 1 heterocycles. The van der Waals surface area contributed by atoms with Crippen molar-refractivity contribution in [1.82, 2.24) is 9.63 Å². The molecule has 1 aromatic heterocycles. The van der Waals surface area contributed by atoms with Crippen molar-refractivity contribution in [2.75, 3.05) is 7.05 Å². The summed E-state index contributed by atoms with van der Waals surface area (Å²) in [6, 6.07) is 2.13. The first kappa shape index (κ1) is 10.9. The molecule has 0 unspecified atom stereocenters. The molecule has 0 aliphatic heterocycles. The van der Waals surface area contributed by atoms with Gasteiger partial charge in [0.05, 0.1) is 0 Å². The molecule has 0 aliphatic rings. The van der Waals surface area contributed by atoms with Gasteiger partial charge in [0.15, 0.2) is 0 Å². The molecule has 0 atom stereocenters. The molecule has 0 spiro atoms. The lowest BCUT2D eigenvalue weighted by molar-refractivity contribution is -0.112. The summed E-state index contributed by atoms with van der Waals surface area (Å²) in [7, 11) is 3.92. The van der Waals surface area contributed by atoms with Gasteiger partial charge in [0.2, 0.25) is 0 Å². The second-order valence-electron chi connectivity index (χ2n) is 3.40. The van der Waals surface area contributed by atoms with Crippen molar-refractivity contribution < 1.29 is 4.84 Å². The first-order valence-electron chi connectivity index (χ1n) is 4.74. The average Bonchev–Trinajstić information content (AvgIpc) is 2.44. The summed E-state index contributed by atoms with van der Waals surface area (Å²) in [5, 5.41) is 1.71. The molecule has 1 aromatic rings. The molecule has 0 bridgehead atoms. The highest BCUT2D eigenvalue weighted by Gasteiger charge is 1.99. The summed E-state index contributed by atoms with van der Waals surface area (Å²) in [6.45, 7) is 4.66. The third-order valence-electron chi connectivity index (χ3n) is 2.10. The van der Waals surface area contributed by atoms with Crippen molar-refractivity contribution in [3.63, 3.8) is 0 Å². The van der Waals surface area contributed by atoms with E-state index < -0.39 is 0 Å². The topological polar surface area (TPSA) is 17.4 Å². The number of aryl methyl sites for hydroxylation is 2. The predicted molar refractivity (Wildman–Crippen MR) is 57.5 cm³/mol. The van der Waals surface area contributed by atoms with Gasteiger partial charge in [-0.2, -0.15) is 0 Å². The van der Waals surface area contributed by atoms with Crippen molar-refractivity contribution in [1.29, 1.82) is 0 Å². The lowest BCUT2D eigenvalue weighted by Gasteiger charge is -2.12. The standard InChI is InChI=1S/C11H18N2O/c1-5-6-13(4)14-9-11-7-10(2)12(3)8-11/h5-8H,9H2,1-4H3/b6-5-. The molecule has 0 aliphatic carbocycles. The van der Waals surface area contributed by atoms with Gasteiger partial charge in [0.25, 0.3) is 0 Å². The van der Waals surface area contributed by atoms with E-state index in [4.69, 9.17) is 4.84 Å². The Morgan fingerprint density at radius 3 is 2.79 bits per heavy atom. The zero-order valence-corrected chi connectivity index (χ0v) is 9.32. The second kappa shape index (κ2) is 4.86. The highest BCUT2D eigenvalue weighted by molar-refractivity contribution is 5.16. The van der Waals surface area contributed by atoms with Crippen molar-refractivity contribution in [3.8, 4) is 0 Å². The lowest BCUT2D eigenvalue weighted by Crippen LogP contribution is -2.10. The minimum Gasteiger partial charge on any atom is -0.354 e. The van der Waals surface area contributed by atoms with E-state index in [2.05, 4.69) is 23.8 Å². The van der Waals surface area contributed by atoms with Gasteiger partial charge in [-0.05, 0) is 25.5 Å². The van der Waals surface area contributed by atoms with E-state index in [9.17, 15) is 0 Å². The highest BCUT2D eigenvalue weighted by atomic mass is 16.7. The normalized spacial score (nSPS) is 11.1. The number of allylic oxidation sites excluding steroid dienone is 1. The molecule has 0 saturated heterocycles. The van der Waals surface area contributed by atoms with Crippen LogP contribution in [0.4, 0.5) is 0 Å². The van der Waals surface area contributed by atoms with E-state index in [1.54, 1.807) is 5.06 Å².